The number of rotatable bonds is 4. The van der Waals surface area contributed by atoms with Crippen molar-refractivity contribution >= 4 is 5.97 Å². The van der Waals surface area contributed by atoms with Gasteiger partial charge in [-0.25, -0.2) is 9.68 Å². The predicted octanol–water partition coefficient (Wildman–Crippen LogP) is 0.729. The molecule has 0 spiro atoms. The molecular weight excluding hydrogens is 124 g/mol. The molecule has 0 saturated heterocycles. The monoisotopic (exact) mass is 134 g/mol. The summed E-state index contributed by atoms with van der Waals surface area (Å²) in [6.07, 6.45) is -0.0430. The van der Waals surface area contributed by atoms with Crippen LogP contribution in [-0.2, 0) is 9.68 Å². The van der Waals surface area contributed by atoms with Gasteiger partial charge in [-0.2, -0.15) is 0 Å². The molecule has 0 amide bonds. The molecule has 0 aliphatic carbocycles. The zero-order chi connectivity index (χ0) is 7.28. The third-order valence-electron chi connectivity index (χ3n) is 0.954. The molecule has 0 aliphatic heterocycles. The fourth-order valence-electron chi connectivity index (χ4n) is 0.483. The van der Waals surface area contributed by atoms with Crippen LogP contribution in [0.25, 0.3) is 0 Å². The van der Waals surface area contributed by atoms with Crippen molar-refractivity contribution < 1.29 is 20.0 Å². The molecule has 0 radical (unpaired) electrons. The van der Waals surface area contributed by atoms with E-state index in [-0.39, 0.29) is 0 Å². The molecule has 0 aromatic carbocycles. The van der Waals surface area contributed by atoms with E-state index in [1.165, 1.54) is 0 Å². The molecule has 4 heteroatoms. The minimum Gasteiger partial charge on any atom is -0.479 e. The molecule has 4 nitrogen and oxygen atoms in total. The van der Waals surface area contributed by atoms with Gasteiger partial charge in [-0.1, -0.05) is 13.3 Å². The van der Waals surface area contributed by atoms with Crippen LogP contribution in [0.2, 0.25) is 0 Å². The third-order valence-corrected chi connectivity index (χ3v) is 0.954. The first kappa shape index (κ1) is 8.39. The smallest absolute Gasteiger partial charge is 0.336 e. The highest BCUT2D eigenvalue weighted by Gasteiger charge is 2.15. The number of aliphatic carboxylic acids is 1. The maximum Gasteiger partial charge on any atom is 0.336 e. The summed E-state index contributed by atoms with van der Waals surface area (Å²) < 4.78 is 0. The van der Waals surface area contributed by atoms with Crippen molar-refractivity contribution in [1.82, 2.24) is 0 Å². The second-order valence-electron chi connectivity index (χ2n) is 1.72. The van der Waals surface area contributed by atoms with Crippen molar-refractivity contribution in [3.05, 3.63) is 0 Å². The molecule has 54 valence electrons. The van der Waals surface area contributed by atoms with E-state index in [1.54, 1.807) is 0 Å². The van der Waals surface area contributed by atoms with Crippen molar-refractivity contribution in [3.8, 4) is 0 Å². The Bertz CT molecular complexity index is 91.0. The third kappa shape index (κ3) is 3.05. The van der Waals surface area contributed by atoms with Gasteiger partial charge < -0.3 is 5.11 Å². The molecule has 1 atom stereocenters. The summed E-state index contributed by atoms with van der Waals surface area (Å²) in [6, 6.07) is 0. The number of carboxylic acid groups (broad SMARTS) is 1. The first-order valence-electron chi connectivity index (χ1n) is 2.75. The van der Waals surface area contributed by atoms with Gasteiger partial charge in [0.1, 0.15) is 0 Å². The molecule has 2 N–H and O–H groups in total. The summed E-state index contributed by atoms with van der Waals surface area (Å²) in [5.41, 5.74) is 0. The van der Waals surface area contributed by atoms with Gasteiger partial charge in [-0.05, 0) is 6.42 Å². The molecule has 0 aromatic rings. The van der Waals surface area contributed by atoms with E-state index in [4.69, 9.17) is 10.4 Å². The predicted molar refractivity (Wildman–Crippen MR) is 30.0 cm³/mol. The van der Waals surface area contributed by atoms with E-state index >= 15 is 0 Å². The van der Waals surface area contributed by atoms with Crippen molar-refractivity contribution in [1.29, 1.82) is 0 Å². The molecule has 0 aromatic heterocycles. The molecule has 0 heterocycles. The topological polar surface area (TPSA) is 66.8 Å². The lowest BCUT2D eigenvalue weighted by Crippen LogP contribution is -2.21. The summed E-state index contributed by atoms with van der Waals surface area (Å²) in [6.45, 7) is 1.81. The number of hydrogen-bond acceptors (Lipinski definition) is 3. The highest BCUT2D eigenvalue weighted by atomic mass is 17.1. The summed E-state index contributed by atoms with van der Waals surface area (Å²) >= 11 is 0. The summed E-state index contributed by atoms with van der Waals surface area (Å²) in [5, 5.41) is 16.2. The van der Waals surface area contributed by atoms with Crippen molar-refractivity contribution in [2.75, 3.05) is 0 Å². The quantitative estimate of drug-likeness (QED) is 0.439. The Morgan fingerprint density at radius 2 is 2.33 bits per heavy atom. The summed E-state index contributed by atoms with van der Waals surface area (Å²) in [5.74, 6) is -1.13. The van der Waals surface area contributed by atoms with Gasteiger partial charge in [0.25, 0.3) is 0 Å². The molecule has 0 rings (SSSR count). The highest BCUT2D eigenvalue weighted by molar-refractivity contribution is 5.72. The van der Waals surface area contributed by atoms with Gasteiger partial charge in [0.05, 0.1) is 0 Å². The first-order chi connectivity index (χ1) is 4.22. The van der Waals surface area contributed by atoms with Gasteiger partial charge in [0.15, 0.2) is 6.10 Å². The van der Waals surface area contributed by atoms with Crippen LogP contribution in [0, 0.1) is 0 Å². The van der Waals surface area contributed by atoms with Crippen LogP contribution in [0.15, 0.2) is 0 Å². The minimum absolute atomic E-state index is 0.339. The Hall–Kier alpha value is -0.610. The van der Waals surface area contributed by atoms with Crippen molar-refractivity contribution in [3.63, 3.8) is 0 Å². The van der Waals surface area contributed by atoms with Crippen molar-refractivity contribution in [2.45, 2.75) is 25.9 Å². The maximum absolute atomic E-state index is 10.0. The first-order valence-corrected chi connectivity index (χ1v) is 2.75. The minimum atomic E-state index is -1.13. The molecule has 0 aliphatic rings. The van der Waals surface area contributed by atoms with E-state index < -0.39 is 12.1 Å². The van der Waals surface area contributed by atoms with Crippen LogP contribution < -0.4 is 0 Å². The zero-order valence-electron chi connectivity index (χ0n) is 5.20. The van der Waals surface area contributed by atoms with E-state index in [0.717, 1.165) is 0 Å². The largest absolute Gasteiger partial charge is 0.479 e. The lowest BCUT2D eigenvalue weighted by Gasteiger charge is -2.04. The van der Waals surface area contributed by atoms with Gasteiger partial charge >= 0.3 is 5.97 Å². The Balaban J connectivity index is 3.54. The maximum atomic E-state index is 10.0. The second-order valence-corrected chi connectivity index (χ2v) is 1.72. The van der Waals surface area contributed by atoms with Crippen LogP contribution in [0.4, 0.5) is 0 Å². The molecule has 0 fully saturated rings. The fourth-order valence-corrected chi connectivity index (χ4v) is 0.483. The van der Waals surface area contributed by atoms with E-state index in [1.807, 2.05) is 6.92 Å². The summed E-state index contributed by atoms with van der Waals surface area (Å²) in [4.78, 5) is 13.7. The van der Waals surface area contributed by atoms with E-state index in [0.29, 0.717) is 12.8 Å². The van der Waals surface area contributed by atoms with Crippen LogP contribution in [0.5, 0.6) is 0 Å². The molecule has 9 heavy (non-hydrogen) atoms. The number of hydrogen-bond donors (Lipinski definition) is 2. The Labute approximate surface area is 53.0 Å². The van der Waals surface area contributed by atoms with Crippen LogP contribution >= 0.6 is 0 Å². The lowest BCUT2D eigenvalue weighted by atomic mass is 10.2. The van der Waals surface area contributed by atoms with Crippen LogP contribution in [-0.4, -0.2) is 22.4 Å². The van der Waals surface area contributed by atoms with E-state index in [9.17, 15) is 4.79 Å². The standard InChI is InChI=1S/C5H10O4/c1-2-3-4(9-8)5(6)7/h4,8H,2-3H2,1H3,(H,6,7). The lowest BCUT2D eigenvalue weighted by molar-refractivity contribution is -0.277. The Morgan fingerprint density at radius 1 is 1.78 bits per heavy atom. The normalized spacial score (nSPS) is 13.1. The van der Waals surface area contributed by atoms with Crippen molar-refractivity contribution in [2.24, 2.45) is 0 Å². The Morgan fingerprint density at radius 3 is 2.44 bits per heavy atom. The van der Waals surface area contributed by atoms with Gasteiger partial charge in [0, 0.05) is 0 Å². The molecule has 1 unspecified atom stereocenters. The zero-order valence-corrected chi connectivity index (χ0v) is 5.20. The molecule has 0 bridgehead atoms. The number of carboxylic acids is 1. The van der Waals surface area contributed by atoms with Gasteiger partial charge in [0.2, 0.25) is 0 Å². The second kappa shape index (κ2) is 4.29. The van der Waals surface area contributed by atoms with Crippen LogP contribution in [0.1, 0.15) is 19.8 Å². The van der Waals surface area contributed by atoms with E-state index in [2.05, 4.69) is 4.89 Å². The number of carbonyl (C=O) groups is 1. The SMILES string of the molecule is CCCC(OO)C(=O)O. The van der Waals surface area contributed by atoms with Crippen LogP contribution in [0.3, 0.4) is 0 Å². The highest BCUT2D eigenvalue weighted by Crippen LogP contribution is 1.99. The summed E-state index contributed by atoms with van der Waals surface area (Å²) in [7, 11) is 0. The Kier molecular flexibility index (Phi) is 4.00. The average molecular weight is 134 g/mol. The fraction of sp³-hybridized carbons (Fsp3) is 0.800. The van der Waals surface area contributed by atoms with Gasteiger partial charge in [-0.3, -0.25) is 5.26 Å². The average Bonchev–Trinajstić information content (AvgIpc) is 1.82. The molecule has 0 saturated carbocycles. The van der Waals surface area contributed by atoms with Gasteiger partial charge in [-0.15, -0.1) is 0 Å². The molecular formula is C5H10O4.